The molecule has 2 atom stereocenters. The van der Waals surface area contributed by atoms with Crippen LogP contribution in [0.1, 0.15) is 37.9 Å². The van der Waals surface area contributed by atoms with Gasteiger partial charge in [-0.25, -0.2) is 8.78 Å². The maximum Gasteiger partial charge on any atom is 0.248 e. The van der Waals surface area contributed by atoms with Crippen LogP contribution in [0, 0.1) is 5.92 Å². The fourth-order valence-electron chi connectivity index (χ4n) is 2.48. The van der Waals surface area contributed by atoms with Gasteiger partial charge in [0.25, 0.3) is 0 Å². The minimum atomic E-state index is -2.62. The minimum Gasteiger partial charge on any atom is -0.494 e. The summed E-state index contributed by atoms with van der Waals surface area (Å²) >= 11 is 0. The van der Waals surface area contributed by atoms with Gasteiger partial charge >= 0.3 is 0 Å². The monoisotopic (exact) mass is 256 g/mol. The van der Waals surface area contributed by atoms with E-state index < -0.39 is 12.0 Å². The average Bonchev–Trinajstić information content (AvgIpc) is 2.70. The zero-order valence-corrected chi connectivity index (χ0v) is 10.4. The second-order valence-corrected chi connectivity index (χ2v) is 4.81. The first-order valence-corrected chi connectivity index (χ1v) is 6.30. The Hall–Kier alpha value is -1.16. The van der Waals surface area contributed by atoms with Gasteiger partial charge in [-0.2, -0.15) is 0 Å². The van der Waals surface area contributed by atoms with E-state index in [0.717, 1.165) is 0 Å². The highest BCUT2D eigenvalue weighted by Crippen LogP contribution is 2.44. The smallest absolute Gasteiger partial charge is 0.248 e. The Labute approximate surface area is 106 Å². The number of hydrogen-bond donors (Lipinski definition) is 1. The molecule has 0 aliphatic heterocycles. The number of halogens is 2. The number of alkyl halides is 2. The van der Waals surface area contributed by atoms with E-state index in [9.17, 15) is 13.9 Å². The maximum absolute atomic E-state index is 13.1. The highest BCUT2D eigenvalue weighted by atomic mass is 19.3. The van der Waals surface area contributed by atoms with Crippen LogP contribution in [0.5, 0.6) is 5.75 Å². The zero-order valence-electron chi connectivity index (χ0n) is 10.4. The van der Waals surface area contributed by atoms with Crippen LogP contribution in [0.4, 0.5) is 8.78 Å². The summed E-state index contributed by atoms with van der Waals surface area (Å²) in [5, 5.41) is 10.2. The number of ether oxygens (including phenoxy) is 1. The van der Waals surface area contributed by atoms with Crippen molar-refractivity contribution in [2.45, 2.75) is 38.2 Å². The molecular formula is C14H18F2O2. The molecule has 0 spiro atoms. The fourth-order valence-corrected chi connectivity index (χ4v) is 2.48. The molecule has 1 fully saturated rings. The molecular weight excluding hydrogens is 238 g/mol. The number of aliphatic hydroxyl groups is 1. The Balaban J connectivity index is 2.09. The van der Waals surface area contributed by atoms with E-state index in [1.807, 2.05) is 6.92 Å². The Bertz CT molecular complexity index is 407. The summed E-state index contributed by atoms with van der Waals surface area (Å²) in [5.41, 5.74) is 0.656. The molecule has 1 N–H and O–H groups in total. The molecule has 0 amide bonds. The lowest BCUT2D eigenvalue weighted by molar-refractivity contribution is -0.00511. The van der Waals surface area contributed by atoms with Crippen LogP contribution in [0.3, 0.4) is 0 Å². The average molecular weight is 256 g/mol. The van der Waals surface area contributed by atoms with Crippen LogP contribution < -0.4 is 4.74 Å². The summed E-state index contributed by atoms with van der Waals surface area (Å²) in [6, 6.07) is 7.05. The molecule has 100 valence electrons. The number of benzene rings is 1. The van der Waals surface area contributed by atoms with Gasteiger partial charge in [-0.05, 0) is 37.0 Å². The molecule has 1 saturated carbocycles. The van der Waals surface area contributed by atoms with Gasteiger partial charge in [-0.1, -0.05) is 12.1 Å². The van der Waals surface area contributed by atoms with Crippen molar-refractivity contribution in [2.24, 2.45) is 5.92 Å². The van der Waals surface area contributed by atoms with Crippen molar-refractivity contribution in [3.05, 3.63) is 29.8 Å². The first-order chi connectivity index (χ1) is 8.52. The lowest BCUT2D eigenvalue weighted by Crippen LogP contribution is -2.14. The van der Waals surface area contributed by atoms with Gasteiger partial charge in [0.2, 0.25) is 5.92 Å². The minimum absolute atomic E-state index is 0.125. The molecule has 4 heteroatoms. The molecule has 0 radical (unpaired) electrons. The molecule has 18 heavy (non-hydrogen) atoms. The van der Waals surface area contributed by atoms with Gasteiger partial charge in [0.05, 0.1) is 12.7 Å². The molecule has 0 aromatic heterocycles. The van der Waals surface area contributed by atoms with Gasteiger partial charge < -0.3 is 9.84 Å². The first-order valence-electron chi connectivity index (χ1n) is 6.30. The topological polar surface area (TPSA) is 29.5 Å². The lowest BCUT2D eigenvalue weighted by Gasteiger charge is -2.19. The van der Waals surface area contributed by atoms with E-state index in [1.54, 1.807) is 24.3 Å². The fraction of sp³-hybridized carbons (Fsp3) is 0.571. The highest BCUT2D eigenvalue weighted by molar-refractivity contribution is 5.30. The van der Waals surface area contributed by atoms with Crippen LogP contribution >= 0.6 is 0 Å². The second kappa shape index (κ2) is 5.22. The SMILES string of the molecule is CCOc1cccc(C(O)C2CCC(F)(F)C2)c1. The van der Waals surface area contributed by atoms with Crippen LogP contribution in [0.2, 0.25) is 0 Å². The van der Waals surface area contributed by atoms with Gasteiger partial charge in [-0.3, -0.25) is 0 Å². The Kier molecular flexibility index (Phi) is 3.85. The van der Waals surface area contributed by atoms with E-state index in [0.29, 0.717) is 24.3 Å². The van der Waals surface area contributed by atoms with Crippen LogP contribution in [0.25, 0.3) is 0 Å². The molecule has 0 saturated heterocycles. The van der Waals surface area contributed by atoms with Crippen molar-refractivity contribution in [3.8, 4) is 5.75 Å². The number of hydrogen-bond acceptors (Lipinski definition) is 2. The first kappa shape index (κ1) is 13.3. The Morgan fingerprint density at radius 1 is 1.50 bits per heavy atom. The summed E-state index contributed by atoms with van der Waals surface area (Å²) < 4.78 is 31.6. The lowest BCUT2D eigenvalue weighted by atomic mass is 9.94. The number of aliphatic hydroxyl groups excluding tert-OH is 1. The second-order valence-electron chi connectivity index (χ2n) is 4.81. The molecule has 1 aliphatic rings. The third-order valence-electron chi connectivity index (χ3n) is 3.40. The molecule has 2 unspecified atom stereocenters. The van der Waals surface area contributed by atoms with Crippen molar-refractivity contribution in [1.29, 1.82) is 0 Å². The predicted molar refractivity (Wildman–Crippen MR) is 64.9 cm³/mol. The van der Waals surface area contributed by atoms with Crippen molar-refractivity contribution in [2.75, 3.05) is 6.61 Å². The van der Waals surface area contributed by atoms with Crippen molar-refractivity contribution >= 4 is 0 Å². The zero-order chi connectivity index (χ0) is 13.2. The van der Waals surface area contributed by atoms with E-state index in [1.165, 1.54) is 0 Å². The van der Waals surface area contributed by atoms with E-state index >= 15 is 0 Å². The summed E-state index contributed by atoms with van der Waals surface area (Å²) in [6.45, 7) is 2.42. The summed E-state index contributed by atoms with van der Waals surface area (Å²) in [5.74, 6) is -2.32. The molecule has 1 aromatic carbocycles. The number of rotatable bonds is 4. The third-order valence-corrected chi connectivity index (χ3v) is 3.40. The van der Waals surface area contributed by atoms with E-state index in [-0.39, 0.29) is 18.8 Å². The Morgan fingerprint density at radius 3 is 2.89 bits per heavy atom. The Morgan fingerprint density at radius 2 is 2.28 bits per heavy atom. The van der Waals surface area contributed by atoms with Gasteiger partial charge in [0.1, 0.15) is 5.75 Å². The van der Waals surface area contributed by atoms with Gasteiger partial charge in [0.15, 0.2) is 0 Å². The normalized spacial score (nSPS) is 23.9. The summed E-state index contributed by atoms with van der Waals surface area (Å²) in [7, 11) is 0. The molecule has 0 bridgehead atoms. The molecule has 0 heterocycles. The molecule has 1 aromatic rings. The molecule has 2 nitrogen and oxygen atoms in total. The highest BCUT2D eigenvalue weighted by Gasteiger charge is 2.42. The van der Waals surface area contributed by atoms with Crippen molar-refractivity contribution in [1.82, 2.24) is 0 Å². The summed E-state index contributed by atoms with van der Waals surface area (Å²) in [4.78, 5) is 0. The predicted octanol–water partition coefficient (Wildman–Crippen LogP) is 3.55. The van der Waals surface area contributed by atoms with Crippen LogP contribution in [-0.4, -0.2) is 17.6 Å². The maximum atomic E-state index is 13.1. The van der Waals surface area contributed by atoms with Crippen LogP contribution in [0.15, 0.2) is 24.3 Å². The van der Waals surface area contributed by atoms with Crippen molar-refractivity contribution in [3.63, 3.8) is 0 Å². The van der Waals surface area contributed by atoms with Crippen LogP contribution in [-0.2, 0) is 0 Å². The third kappa shape index (κ3) is 2.99. The standard InChI is InChI=1S/C14H18F2O2/c1-2-18-12-5-3-4-10(8-12)13(17)11-6-7-14(15,16)9-11/h3-5,8,11,13,17H,2,6-7,9H2,1H3. The van der Waals surface area contributed by atoms with Crippen molar-refractivity contribution < 1.29 is 18.6 Å². The van der Waals surface area contributed by atoms with E-state index in [2.05, 4.69) is 0 Å². The quantitative estimate of drug-likeness (QED) is 0.892. The van der Waals surface area contributed by atoms with E-state index in [4.69, 9.17) is 4.74 Å². The summed E-state index contributed by atoms with van der Waals surface area (Å²) in [6.07, 6.45) is -0.821. The van der Waals surface area contributed by atoms with Gasteiger partial charge in [-0.15, -0.1) is 0 Å². The largest absolute Gasteiger partial charge is 0.494 e. The molecule has 1 aliphatic carbocycles. The molecule has 2 rings (SSSR count). The van der Waals surface area contributed by atoms with Gasteiger partial charge in [0, 0.05) is 12.8 Å².